The van der Waals surface area contributed by atoms with Crippen LogP contribution in [-0.2, 0) is 4.79 Å². The normalized spacial score (nSPS) is 21.2. The molecule has 0 saturated heterocycles. The fourth-order valence-corrected chi connectivity index (χ4v) is 4.70. The van der Waals surface area contributed by atoms with E-state index in [4.69, 9.17) is 9.47 Å². The van der Waals surface area contributed by atoms with Gasteiger partial charge in [0.05, 0.1) is 18.5 Å². The number of carbonyl (C=O) groups is 2. The van der Waals surface area contributed by atoms with Crippen molar-refractivity contribution in [1.82, 2.24) is 9.88 Å². The zero-order valence-electron chi connectivity index (χ0n) is 19.9. The van der Waals surface area contributed by atoms with Crippen molar-refractivity contribution in [2.75, 3.05) is 11.9 Å². The number of aromatic nitrogens is 1. The molecule has 1 aromatic carbocycles. The molecular weight excluding hydrogens is 422 g/mol. The number of carboxylic acid groups (broad SMARTS) is 1. The standard InChI is InChI=1S/C25H31N3O5/c1-23(2,3)28(22(30)31)24(4,5)21(29)27-15-10-11-19(26-13-15)33-18-9-7-8-17-20(18)16-12-25(16,6)14-32-17/h7-11,13,16H,12,14H2,1-6H3,(H,27,29)(H,30,31)/p-1. The maximum Gasteiger partial charge on any atom is 0.249 e. The Morgan fingerprint density at radius 1 is 1.21 bits per heavy atom. The minimum Gasteiger partial charge on any atom is -0.530 e. The van der Waals surface area contributed by atoms with E-state index < -0.39 is 23.1 Å². The van der Waals surface area contributed by atoms with Crippen molar-refractivity contribution in [2.24, 2.45) is 5.41 Å². The molecule has 8 nitrogen and oxygen atoms in total. The fourth-order valence-electron chi connectivity index (χ4n) is 4.70. The molecule has 2 unspecified atom stereocenters. The number of nitrogens with one attached hydrogen (secondary N) is 1. The third kappa shape index (κ3) is 4.21. The number of benzene rings is 1. The van der Waals surface area contributed by atoms with Gasteiger partial charge >= 0.3 is 0 Å². The Balaban J connectivity index is 1.48. The predicted molar refractivity (Wildman–Crippen MR) is 121 cm³/mol. The molecule has 2 heterocycles. The molecule has 2 amide bonds. The first kappa shape index (κ1) is 22.9. The number of amides is 2. The largest absolute Gasteiger partial charge is 0.530 e. The van der Waals surface area contributed by atoms with Crippen molar-refractivity contribution in [1.29, 1.82) is 0 Å². The van der Waals surface area contributed by atoms with E-state index in [1.54, 1.807) is 46.8 Å². The van der Waals surface area contributed by atoms with Crippen molar-refractivity contribution in [2.45, 2.75) is 65.0 Å². The van der Waals surface area contributed by atoms with Crippen LogP contribution in [0.25, 0.3) is 0 Å². The molecule has 0 radical (unpaired) electrons. The van der Waals surface area contributed by atoms with Crippen molar-refractivity contribution in [3.63, 3.8) is 0 Å². The van der Waals surface area contributed by atoms with Crippen LogP contribution in [-0.4, -0.2) is 39.6 Å². The summed E-state index contributed by atoms with van der Waals surface area (Å²) in [6, 6.07) is 9.10. The van der Waals surface area contributed by atoms with Gasteiger partial charge in [0.1, 0.15) is 23.1 Å². The minimum atomic E-state index is -1.41. The van der Waals surface area contributed by atoms with Crippen LogP contribution < -0.4 is 19.9 Å². The summed E-state index contributed by atoms with van der Waals surface area (Å²) >= 11 is 0. The second-order valence-corrected chi connectivity index (χ2v) is 10.6. The van der Waals surface area contributed by atoms with Crippen LogP contribution in [0.15, 0.2) is 36.5 Å². The van der Waals surface area contributed by atoms with Crippen LogP contribution in [0, 0.1) is 5.41 Å². The first-order valence-electron chi connectivity index (χ1n) is 11.1. The van der Waals surface area contributed by atoms with Gasteiger partial charge in [-0.25, -0.2) is 4.98 Å². The SMILES string of the molecule is CC12COc3cccc(Oc4ccc(NC(=O)C(C)(C)N(C(=O)[O-])C(C)(C)C)cn4)c3C1C2. The summed E-state index contributed by atoms with van der Waals surface area (Å²) in [5.74, 6) is 1.91. The number of rotatable bonds is 5. The number of hydrogen-bond acceptors (Lipinski definition) is 6. The fraction of sp³-hybridized carbons (Fsp3) is 0.480. The first-order chi connectivity index (χ1) is 15.3. The van der Waals surface area contributed by atoms with E-state index in [2.05, 4.69) is 17.2 Å². The highest BCUT2D eigenvalue weighted by atomic mass is 16.5. The van der Waals surface area contributed by atoms with E-state index in [0.717, 1.165) is 35.0 Å². The van der Waals surface area contributed by atoms with Crippen LogP contribution in [0.1, 0.15) is 59.4 Å². The molecule has 1 aromatic heterocycles. The second kappa shape index (κ2) is 7.64. The van der Waals surface area contributed by atoms with Gasteiger partial charge < -0.3 is 29.6 Å². The minimum absolute atomic E-state index is 0.174. The zero-order valence-corrected chi connectivity index (χ0v) is 19.9. The van der Waals surface area contributed by atoms with E-state index in [1.807, 2.05) is 18.2 Å². The maximum absolute atomic E-state index is 12.9. The average Bonchev–Trinajstić information content (AvgIpc) is 3.39. The van der Waals surface area contributed by atoms with Crippen LogP contribution in [0.2, 0.25) is 0 Å². The van der Waals surface area contributed by atoms with E-state index in [0.29, 0.717) is 17.5 Å². The number of pyridine rings is 1. The summed E-state index contributed by atoms with van der Waals surface area (Å²) < 4.78 is 12.0. The molecule has 2 aromatic rings. The molecule has 1 N–H and O–H groups in total. The molecule has 4 rings (SSSR count). The van der Waals surface area contributed by atoms with Crippen LogP contribution >= 0.6 is 0 Å². The van der Waals surface area contributed by atoms with Crippen LogP contribution in [0.4, 0.5) is 10.5 Å². The lowest BCUT2D eigenvalue weighted by molar-refractivity contribution is -0.276. The van der Waals surface area contributed by atoms with Crippen molar-refractivity contribution in [3.05, 3.63) is 42.1 Å². The third-order valence-electron chi connectivity index (χ3n) is 6.46. The molecule has 0 bridgehead atoms. The van der Waals surface area contributed by atoms with Crippen LogP contribution in [0.5, 0.6) is 17.4 Å². The topological polar surface area (TPSA) is 104 Å². The van der Waals surface area contributed by atoms with E-state index in [9.17, 15) is 14.7 Å². The number of hydrogen-bond donors (Lipinski definition) is 1. The summed E-state index contributed by atoms with van der Waals surface area (Å²) in [6.45, 7) is 11.2. The Hall–Kier alpha value is -3.29. The molecule has 176 valence electrons. The highest BCUT2D eigenvalue weighted by Crippen LogP contribution is 2.65. The summed E-state index contributed by atoms with van der Waals surface area (Å²) in [4.78, 5) is 30.0. The Labute approximate surface area is 193 Å². The summed E-state index contributed by atoms with van der Waals surface area (Å²) in [5, 5.41) is 14.5. The molecule has 1 saturated carbocycles. The van der Waals surface area contributed by atoms with Gasteiger partial charge in [0, 0.05) is 28.5 Å². The summed E-state index contributed by atoms with van der Waals surface area (Å²) in [7, 11) is 0. The highest BCUT2D eigenvalue weighted by Gasteiger charge is 2.56. The molecular formula is C25H30N3O5-. The van der Waals surface area contributed by atoms with Gasteiger partial charge in [-0.05, 0) is 59.2 Å². The summed E-state index contributed by atoms with van der Waals surface area (Å²) in [6.07, 6.45) is 1.15. The average molecular weight is 453 g/mol. The number of fused-ring (bicyclic) bond motifs is 3. The molecule has 8 heteroatoms. The molecule has 0 spiro atoms. The highest BCUT2D eigenvalue weighted by molar-refractivity contribution is 5.99. The van der Waals surface area contributed by atoms with Gasteiger partial charge in [0.25, 0.3) is 0 Å². The van der Waals surface area contributed by atoms with Crippen molar-refractivity contribution in [3.8, 4) is 17.4 Å². The quantitative estimate of drug-likeness (QED) is 0.737. The van der Waals surface area contributed by atoms with Gasteiger partial charge in [-0.1, -0.05) is 13.0 Å². The molecule has 33 heavy (non-hydrogen) atoms. The Morgan fingerprint density at radius 3 is 2.55 bits per heavy atom. The second-order valence-electron chi connectivity index (χ2n) is 10.6. The van der Waals surface area contributed by atoms with Gasteiger partial charge in [-0.2, -0.15) is 0 Å². The molecule has 2 atom stereocenters. The van der Waals surface area contributed by atoms with Gasteiger partial charge in [-0.3, -0.25) is 4.79 Å². The van der Waals surface area contributed by atoms with Gasteiger partial charge in [0.2, 0.25) is 11.8 Å². The molecule has 1 fully saturated rings. The third-order valence-corrected chi connectivity index (χ3v) is 6.46. The number of nitrogens with zero attached hydrogens (tertiary/aromatic N) is 2. The number of carbonyl (C=O) groups excluding carboxylic acids is 2. The Kier molecular flexibility index (Phi) is 5.30. The Morgan fingerprint density at radius 2 is 1.94 bits per heavy atom. The van der Waals surface area contributed by atoms with Gasteiger partial charge in [-0.15, -0.1) is 0 Å². The first-order valence-corrected chi connectivity index (χ1v) is 11.1. The maximum atomic E-state index is 12.9. The van der Waals surface area contributed by atoms with E-state index >= 15 is 0 Å². The van der Waals surface area contributed by atoms with E-state index in [1.165, 1.54) is 6.20 Å². The zero-order chi connectivity index (χ0) is 24.2. The van der Waals surface area contributed by atoms with Crippen LogP contribution in [0.3, 0.4) is 0 Å². The Bertz CT molecular complexity index is 1090. The van der Waals surface area contributed by atoms with Crippen molar-refractivity contribution >= 4 is 17.7 Å². The lowest BCUT2D eigenvalue weighted by Gasteiger charge is -2.47. The smallest absolute Gasteiger partial charge is 0.249 e. The number of ether oxygens (including phenoxy) is 2. The molecule has 2 aliphatic rings. The molecule has 1 aliphatic heterocycles. The monoisotopic (exact) mass is 452 g/mol. The summed E-state index contributed by atoms with van der Waals surface area (Å²) in [5.41, 5.74) is -0.483. The lowest BCUT2D eigenvalue weighted by atomic mass is 9.94. The predicted octanol–water partition coefficient (Wildman–Crippen LogP) is 3.92. The lowest BCUT2D eigenvalue weighted by Crippen LogP contribution is -2.65. The van der Waals surface area contributed by atoms with Crippen molar-refractivity contribution < 1.29 is 24.2 Å². The number of anilines is 1. The van der Waals surface area contributed by atoms with E-state index in [-0.39, 0.29) is 5.41 Å². The van der Waals surface area contributed by atoms with Gasteiger partial charge in [0.15, 0.2) is 0 Å². The molecule has 1 aliphatic carbocycles.